The van der Waals surface area contributed by atoms with Gasteiger partial charge in [-0.25, -0.2) is 0 Å². The molecule has 0 aliphatic rings. The van der Waals surface area contributed by atoms with Crippen molar-refractivity contribution in [2.75, 3.05) is 40.9 Å². The monoisotopic (exact) mass is 1350 g/mol. The molecule has 3 atom stereocenters. The molecule has 0 aliphatic heterocycles. The zero-order valence-corrected chi connectivity index (χ0v) is 64.5. The highest BCUT2D eigenvalue weighted by molar-refractivity contribution is 7.45. The summed E-state index contributed by atoms with van der Waals surface area (Å²) in [6.45, 7) is 4.55. The topological polar surface area (TPSA) is 108 Å². The number of allylic oxidation sites excluding steroid dienone is 15. The second-order valence-corrected chi connectivity index (χ2v) is 30.5. The van der Waals surface area contributed by atoms with Crippen LogP contribution in [0.25, 0.3) is 0 Å². The molecule has 0 bridgehead atoms. The number of phosphoric acid groups is 1. The molecule has 0 fully saturated rings. The first-order valence-electron chi connectivity index (χ1n) is 41.1. The van der Waals surface area contributed by atoms with Crippen molar-refractivity contribution in [3.63, 3.8) is 0 Å². The number of rotatable bonds is 76. The lowest BCUT2D eigenvalue weighted by atomic mass is 10.0. The molecule has 0 saturated carbocycles. The molecule has 0 aliphatic carbocycles. The van der Waals surface area contributed by atoms with Crippen molar-refractivity contribution in [3.8, 4) is 0 Å². The van der Waals surface area contributed by atoms with Crippen LogP contribution in [0.4, 0.5) is 0 Å². The van der Waals surface area contributed by atoms with E-state index in [1.54, 1.807) is 6.08 Å². The maximum atomic E-state index is 13.1. The summed E-state index contributed by atoms with van der Waals surface area (Å²) in [5, 5.41) is 14.0. The Morgan fingerprint density at radius 2 is 0.653 bits per heavy atom. The van der Waals surface area contributed by atoms with E-state index in [0.29, 0.717) is 17.4 Å². The molecule has 0 aromatic carbocycles. The third-order valence-electron chi connectivity index (χ3n) is 18.5. The van der Waals surface area contributed by atoms with Crippen LogP contribution in [0.5, 0.6) is 0 Å². The molecule has 0 aromatic rings. The Bertz CT molecular complexity index is 1880. The van der Waals surface area contributed by atoms with Crippen molar-refractivity contribution in [3.05, 3.63) is 97.2 Å². The predicted octanol–water partition coefficient (Wildman–Crippen LogP) is 26.5. The normalized spacial score (nSPS) is 14.0. The molecular weight excluding hydrogens is 1190 g/mol. The van der Waals surface area contributed by atoms with Gasteiger partial charge in [-0.3, -0.25) is 9.36 Å². The minimum absolute atomic E-state index is 0.00973. The molecule has 2 N–H and O–H groups in total. The standard InChI is InChI=1S/C86H159N2O6P/c1-6-8-10-12-14-16-18-20-22-24-26-28-30-32-34-36-38-40-41-42-43-44-45-46-47-48-50-52-54-56-58-60-62-64-66-68-70-72-74-76-78-80-86(90)87-84(83-94-95(91,92)93-82-81-88(3,4)5)85(89)79-77-75-73-71-69-67-65-63-61-59-57-55-53-51-49-39-37-35-33-31-29-27-25-23-21-19-17-15-13-11-9-7-2/h8,10,14,16,20,22,26,28,32,34,61,63,69,71,77,79,84-85,89H,6-7,9,11-13,15,17-19,21,23-25,27,29-31,33,35-60,62,64-68,70,72-76,78,80-83H2,1-5H3,(H-,87,90,91,92)/b10-8-,16-14-,22-20-,28-26-,34-32-,63-61+,71-69+,79-77+. The molecule has 1 amide bonds. The van der Waals surface area contributed by atoms with Gasteiger partial charge >= 0.3 is 0 Å². The molecule has 0 rings (SSSR count). The number of phosphoric ester groups is 1. The fraction of sp³-hybridized carbons (Fsp3) is 0.802. The number of unbranched alkanes of at least 4 members (excludes halogenated alkanes) is 49. The number of hydrogen-bond acceptors (Lipinski definition) is 6. The van der Waals surface area contributed by atoms with Gasteiger partial charge in [-0.15, -0.1) is 0 Å². The van der Waals surface area contributed by atoms with Crippen molar-refractivity contribution in [2.45, 2.75) is 405 Å². The molecule has 0 spiro atoms. The number of carbonyl (C=O) groups is 1. The fourth-order valence-electron chi connectivity index (χ4n) is 12.2. The molecular formula is C86H159N2O6P. The first kappa shape index (κ1) is 92.4. The lowest BCUT2D eigenvalue weighted by molar-refractivity contribution is -0.870. The lowest BCUT2D eigenvalue weighted by Gasteiger charge is -2.29. The van der Waals surface area contributed by atoms with E-state index in [-0.39, 0.29) is 12.5 Å². The Kier molecular flexibility index (Phi) is 73.6. The Hall–Kier alpha value is -2.58. The number of carbonyl (C=O) groups excluding carboxylic acids is 1. The third kappa shape index (κ3) is 78.6. The zero-order valence-electron chi connectivity index (χ0n) is 63.6. The highest BCUT2D eigenvalue weighted by Crippen LogP contribution is 2.38. The van der Waals surface area contributed by atoms with Crippen LogP contribution in [-0.2, 0) is 18.4 Å². The van der Waals surface area contributed by atoms with Gasteiger partial charge in [-0.1, -0.05) is 394 Å². The van der Waals surface area contributed by atoms with Crippen LogP contribution in [0.1, 0.15) is 393 Å². The fourth-order valence-corrected chi connectivity index (χ4v) is 12.9. The van der Waals surface area contributed by atoms with E-state index in [1.165, 1.54) is 295 Å². The lowest BCUT2D eigenvalue weighted by Crippen LogP contribution is -2.45. The molecule has 554 valence electrons. The van der Waals surface area contributed by atoms with Crippen molar-refractivity contribution < 1.29 is 32.9 Å². The summed E-state index contributed by atoms with van der Waals surface area (Å²) in [6.07, 6.45) is 110. The highest BCUT2D eigenvalue weighted by Gasteiger charge is 2.23. The zero-order chi connectivity index (χ0) is 69.0. The summed E-state index contributed by atoms with van der Waals surface area (Å²) in [6, 6.07) is -0.915. The summed E-state index contributed by atoms with van der Waals surface area (Å²) < 4.78 is 23.5. The van der Waals surface area contributed by atoms with Gasteiger partial charge in [0.2, 0.25) is 5.91 Å². The number of aliphatic hydroxyl groups is 1. The van der Waals surface area contributed by atoms with Crippen LogP contribution in [0.15, 0.2) is 97.2 Å². The smallest absolute Gasteiger partial charge is 0.268 e. The molecule has 0 radical (unpaired) electrons. The molecule has 0 saturated heterocycles. The summed E-state index contributed by atoms with van der Waals surface area (Å²) in [7, 11) is 1.25. The van der Waals surface area contributed by atoms with Crippen molar-refractivity contribution in [2.24, 2.45) is 0 Å². The Labute approximate surface area is 591 Å². The average molecular weight is 1350 g/mol. The maximum Gasteiger partial charge on any atom is 0.268 e. The quantitative estimate of drug-likeness (QED) is 0.0272. The predicted molar refractivity (Wildman–Crippen MR) is 417 cm³/mol. The number of nitrogens with zero attached hydrogens (tertiary/aromatic N) is 1. The van der Waals surface area contributed by atoms with E-state index in [0.717, 1.165) is 77.0 Å². The minimum Gasteiger partial charge on any atom is -0.756 e. The van der Waals surface area contributed by atoms with Gasteiger partial charge in [-0.05, 0) is 89.9 Å². The SMILES string of the molecule is CC/C=C\C/C=C\C/C=C\C/C=C\C/C=C\CCCCCCCCCCCCCCCCCCCCCCCCCCCC(=O)NC(COP(=O)([O-])OCC[N+](C)(C)C)C(O)/C=C/CC/C=C/CC/C=C/CCCCCCCCCCCCCCCCCCCCCCCC. The number of amides is 1. The number of aliphatic hydroxyl groups excluding tert-OH is 1. The Morgan fingerprint density at radius 3 is 0.979 bits per heavy atom. The summed E-state index contributed by atoms with van der Waals surface area (Å²) in [4.78, 5) is 25.7. The Balaban J connectivity index is 3.98. The molecule has 9 heteroatoms. The first-order valence-corrected chi connectivity index (χ1v) is 42.6. The van der Waals surface area contributed by atoms with Gasteiger partial charge in [0, 0.05) is 6.42 Å². The number of hydrogen-bond donors (Lipinski definition) is 2. The maximum absolute atomic E-state index is 13.1. The van der Waals surface area contributed by atoms with Crippen molar-refractivity contribution >= 4 is 13.7 Å². The van der Waals surface area contributed by atoms with Crippen molar-refractivity contribution in [1.82, 2.24) is 5.32 Å². The number of likely N-dealkylation sites (N-methyl/N-ethyl adjacent to an activating group) is 1. The second kappa shape index (κ2) is 75.6. The minimum atomic E-state index is -4.62. The van der Waals surface area contributed by atoms with Crippen LogP contribution in [-0.4, -0.2) is 68.5 Å². The van der Waals surface area contributed by atoms with Crippen LogP contribution >= 0.6 is 7.82 Å². The molecule has 0 heterocycles. The molecule has 8 nitrogen and oxygen atoms in total. The van der Waals surface area contributed by atoms with Crippen LogP contribution < -0.4 is 10.2 Å². The third-order valence-corrected chi connectivity index (χ3v) is 19.5. The van der Waals surface area contributed by atoms with Gasteiger partial charge < -0.3 is 28.8 Å². The summed E-state index contributed by atoms with van der Waals surface area (Å²) >= 11 is 0. The van der Waals surface area contributed by atoms with Gasteiger partial charge in [-0.2, -0.15) is 0 Å². The van der Waals surface area contributed by atoms with Crippen LogP contribution in [0.3, 0.4) is 0 Å². The van der Waals surface area contributed by atoms with Crippen LogP contribution in [0.2, 0.25) is 0 Å². The van der Waals surface area contributed by atoms with E-state index in [1.807, 2.05) is 27.2 Å². The summed E-state index contributed by atoms with van der Waals surface area (Å²) in [5.41, 5.74) is 0. The van der Waals surface area contributed by atoms with Gasteiger partial charge in [0.15, 0.2) is 0 Å². The first-order chi connectivity index (χ1) is 46.5. The van der Waals surface area contributed by atoms with E-state index in [4.69, 9.17) is 9.05 Å². The second-order valence-electron chi connectivity index (χ2n) is 29.1. The van der Waals surface area contributed by atoms with E-state index >= 15 is 0 Å². The largest absolute Gasteiger partial charge is 0.756 e. The Morgan fingerprint density at radius 1 is 0.379 bits per heavy atom. The van der Waals surface area contributed by atoms with Crippen LogP contribution in [0, 0.1) is 0 Å². The van der Waals surface area contributed by atoms with Gasteiger partial charge in [0.25, 0.3) is 7.82 Å². The van der Waals surface area contributed by atoms with E-state index in [9.17, 15) is 19.4 Å². The summed E-state index contributed by atoms with van der Waals surface area (Å²) in [5.74, 6) is -0.206. The van der Waals surface area contributed by atoms with E-state index < -0.39 is 26.6 Å². The van der Waals surface area contributed by atoms with E-state index in [2.05, 4.69) is 104 Å². The molecule has 3 unspecified atom stereocenters. The average Bonchev–Trinajstić information content (AvgIpc) is 2.01. The van der Waals surface area contributed by atoms with Crippen molar-refractivity contribution in [1.29, 1.82) is 0 Å². The van der Waals surface area contributed by atoms with Gasteiger partial charge in [0.05, 0.1) is 39.9 Å². The number of nitrogens with one attached hydrogen (secondary N) is 1. The van der Waals surface area contributed by atoms with Gasteiger partial charge in [0.1, 0.15) is 13.2 Å². The molecule has 95 heavy (non-hydrogen) atoms. The molecule has 0 aromatic heterocycles. The number of quaternary nitrogens is 1. The highest BCUT2D eigenvalue weighted by atomic mass is 31.2.